The maximum atomic E-state index is 12.1. The molecule has 1 aromatic rings. The van der Waals surface area contributed by atoms with Crippen LogP contribution in [0.25, 0.3) is 0 Å². The summed E-state index contributed by atoms with van der Waals surface area (Å²) in [5.41, 5.74) is 0.642. The minimum atomic E-state index is -1.23. The highest BCUT2D eigenvalue weighted by molar-refractivity contribution is 5.98. The molecule has 2 amide bonds. The lowest BCUT2D eigenvalue weighted by atomic mass is 9.99. The lowest BCUT2D eigenvalue weighted by Gasteiger charge is -2.26. The second kappa shape index (κ2) is 9.47. The second-order valence-electron chi connectivity index (χ2n) is 8.23. The van der Waals surface area contributed by atoms with Crippen molar-refractivity contribution in [2.75, 3.05) is 11.9 Å². The first kappa shape index (κ1) is 23.0. The smallest absolute Gasteiger partial charge is 0.407 e. The Bertz CT molecular complexity index is 831. The van der Waals surface area contributed by atoms with E-state index in [0.29, 0.717) is 17.0 Å². The van der Waals surface area contributed by atoms with E-state index in [0.717, 1.165) is 0 Å². The van der Waals surface area contributed by atoms with E-state index in [4.69, 9.17) is 14.6 Å². The molecule has 0 saturated heterocycles. The summed E-state index contributed by atoms with van der Waals surface area (Å²) in [6, 6.07) is 3.51. The zero-order valence-electron chi connectivity index (χ0n) is 17.1. The summed E-state index contributed by atoms with van der Waals surface area (Å²) < 4.78 is 10.6. The predicted octanol–water partition coefficient (Wildman–Crippen LogP) is 2.02. The van der Waals surface area contributed by atoms with Crippen molar-refractivity contribution in [3.63, 3.8) is 0 Å². The fourth-order valence-corrected chi connectivity index (χ4v) is 2.67. The molecule has 1 aliphatic rings. The maximum Gasteiger partial charge on any atom is 0.407 e. The minimum Gasteiger partial charge on any atom is -0.481 e. The van der Waals surface area contributed by atoms with Gasteiger partial charge < -0.3 is 30.3 Å². The standard InChI is InChI=1S/C20H26N2O8/c1-20(2,3)10-29-19(28)22-13(18(26)27)9-11-4-5-14-12(8-11)21-17(25)15(30-14)6-7-16(23)24/h4-5,8,13,15H,6-7,9-10H2,1-3H3,(H,21,25)(H,22,28)(H,23,24)(H,26,27)/t13-,15+/m0/s1. The number of benzene rings is 1. The molecule has 30 heavy (non-hydrogen) atoms. The van der Waals surface area contributed by atoms with Gasteiger partial charge >= 0.3 is 18.0 Å². The van der Waals surface area contributed by atoms with Gasteiger partial charge in [-0.25, -0.2) is 9.59 Å². The molecule has 0 radical (unpaired) electrons. The van der Waals surface area contributed by atoms with Gasteiger partial charge in [0.05, 0.1) is 12.3 Å². The molecule has 0 saturated carbocycles. The Morgan fingerprint density at radius 1 is 1.27 bits per heavy atom. The molecule has 0 unspecified atom stereocenters. The number of aliphatic carboxylic acids is 2. The average Bonchev–Trinajstić information content (AvgIpc) is 2.63. The predicted molar refractivity (Wildman–Crippen MR) is 105 cm³/mol. The minimum absolute atomic E-state index is 0.0318. The number of alkyl carbamates (subject to hydrolysis) is 1. The molecule has 2 atom stereocenters. The first-order chi connectivity index (χ1) is 13.9. The molecule has 10 heteroatoms. The van der Waals surface area contributed by atoms with E-state index < -0.39 is 36.1 Å². The summed E-state index contributed by atoms with van der Waals surface area (Å²) in [4.78, 5) is 46.2. The van der Waals surface area contributed by atoms with Crippen LogP contribution in [0.15, 0.2) is 18.2 Å². The topological polar surface area (TPSA) is 151 Å². The van der Waals surface area contributed by atoms with E-state index >= 15 is 0 Å². The van der Waals surface area contributed by atoms with Crippen molar-refractivity contribution in [1.29, 1.82) is 0 Å². The molecule has 4 N–H and O–H groups in total. The number of carbonyl (C=O) groups is 4. The highest BCUT2D eigenvalue weighted by Crippen LogP contribution is 2.32. The fourth-order valence-electron chi connectivity index (χ4n) is 2.67. The third-order valence-corrected chi connectivity index (χ3v) is 4.15. The van der Waals surface area contributed by atoms with E-state index in [1.165, 1.54) is 0 Å². The molecular formula is C20H26N2O8. The van der Waals surface area contributed by atoms with Crippen LogP contribution in [0.1, 0.15) is 39.2 Å². The Morgan fingerprint density at radius 2 is 1.97 bits per heavy atom. The zero-order chi connectivity index (χ0) is 22.5. The number of ether oxygens (including phenoxy) is 2. The number of hydrogen-bond acceptors (Lipinski definition) is 6. The number of carboxylic acid groups (broad SMARTS) is 2. The summed E-state index contributed by atoms with van der Waals surface area (Å²) in [6.45, 7) is 5.77. The van der Waals surface area contributed by atoms with Crippen LogP contribution in [0, 0.1) is 5.41 Å². The van der Waals surface area contributed by atoms with Crippen molar-refractivity contribution >= 4 is 29.6 Å². The van der Waals surface area contributed by atoms with Gasteiger partial charge in [0, 0.05) is 19.3 Å². The van der Waals surface area contributed by atoms with E-state index in [1.54, 1.807) is 18.2 Å². The van der Waals surface area contributed by atoms with Crippen molar-refractivity contribution in [3.05, 3.63) is 23.8 Å². The number of nitrogens with one attached hydrogen (secondary N) is 2. The van der Waals surface area contributed by atoms with Crippen molar-refractivity contribution in [2.24, 2.45) is 5.41 Å². The van der Waals surface area contributed by atoms with Crippen LogP contribution in [-0.2, 0) is 25.5 Å². The largest absolute Gasteiger partial charge is 0.481 e. The molecule has 1 heterocycles. The van der Waals surface area contributed by atoms with Gasteiger partial charge in [-0.3, -0.25) is 9.59 Å². The van der Waals surface area contributed by atoms with Crippen LogP contribution in [-0.4, -0.2) is 52.9 Å². The second-order valence-corrected chi connectivity index (χ2v) is 8.23. The van der Waals surface area contributed by atoms with Crippen LogP contribution < -0.4 is 15.4 Å². The van der Waals surface area contributed by atoms with Gasteiger partial charge in [0.25, 0.3) is 5.91 Å². The molecule has 1 aromatic carbocycles. The third kappa shape index (κ3) is 6.94. The molecule has 164 valence electrons. The average molecular weight is 422 g/mol. The van der Waals surface area contributed by atoms with Gasteiger partial charge in [0.2, 0.25) is 0 Å². The first-order valence-corrected chi connectivity index (χ1v) is 9.43. The van der Waals surface area contributed by atoms with E-state index in [1.807, 2.05) is 20.8 Å². The van der Waals surface area contributed by atoms with Crippen LogP contribution in [0.5, 0.6) is 5.75 Å². The van der Waals surface area contributed by atoms with Gasteiger partial charge in [0.1, 0.15) is 11.8 Å². The monoisotopic (exact) mass is 422 g/mol. The molecule has 0 spiro atoms. The molecule has 0 aliphatic carbocycles. The molecular weight excluding hydrogens is 396 g/mol. The van der Waals surface area contributed by atoms with E-state index in [9.17, 15) is 24.3 Å². The molecule has 2 rings (SSSR count). The highest BCUT2D eigenvalue weighted by atomic mass is 16.5. The Hall–Kier alpha value is -3.30. The Balaban J connectivity index is 2.03. The van der Waals surface area contributed by atoms with Crippen LogP contribution >= 0.6 is 0 Å². The van der Waals surface area contributed by atoms with Crippen molar-refractivity contribution in [2.45, 2.75) is 52.2 Å². The van der Waals surface area contributed by atoms with Gasteiger partial charge in [-0.15, -0.1) is 0 Å². The Morgan fingerprint density at radius 3 is 2.57 bits per heavy atom. The summed E-state index contributed by atoms with van der Waals surface area (Å²) in [7, 11) is 0. The lowest BCUT2D eigenvalue weighted by Crippen LogP contribution is -2.43. The molecule has 1 aliphatic heterocycles. The molecule has 0 bridgehead atoms. The number of carboxylic acids is 2. The van der Waals surface area contributed by atoms with E-state index in [-0.39, 0.29) is 31.3 Å². The molecule has 10 nitrogen and oxygen atoms in total. The quantitative estimate of drug-likeness (QED) is 0.497. The molecule has 0 aromatic heterocycles. The Kier molecular flexibility index (Phi) is 7.25. The molecule has 0 fully saturated rings. The number of anilines is 1. The summed E-state index contributed by atoms with van der Waals surface area (Å²) in [5.74, 6) is -2.37. The van der Waals surface area contributed by atoms with Gasteiger partial charge in [-0.2, -0.15) is 0 Å². The van der Waals surface area contributed by atoms with Crippen LogP contribution in [0.3, 0.4) is 0 Å². The zero-order valence-corrected chi connectivity index (χ0v) is 17.1. The first-order valence-electron chi connectivity index (χ1n) is 9.43. The number of carbonyl (C=O) groups excluding carboxylic acids is 2. The summed E-state index contributed by atoms with van der Waals surface area (Å²) in [6.07, 6.45) is -1.95. The number of rotatable bonds is 8. The van der Waals surface area contributed by atoms with Crippen LogP contribution in [0.2, 0.25) is 0 Å². The summed E-state index contributed by atoms with van der Waals surface area (Å²) >= 11 is 0. The van der Waals surface area contributed by atoms with E-state index in [2.05, 4.69) is 10.6 Å². The fraction of sp³-hybridized carbons (Fsp3) is 0.500. The Labute approximate surface area is 173 Å². The number of fused-ring (bicyclic) bond motifs is 1. The maximum absolute atomic E-state index is 12.1. The van der Waals surface area contributed by atoms with Crippen molar-refractivity contribution in [3.8, 4) is 5.75 Å². The van der Waals surface area contributed by atoms with Gasteiger partial charge in [-0.05, 0) is 23.1 Å². The number of amides is 2. The SMILES string of the molecule is CC(C)(C)COC(=O)N[C@@H](Cc1ccc2c(c1)NC(=O)[C@@H](CCC(=O)O)O2)C(=O)O. The number of hydrogen-bond donors (Lipinski definition) is 4. The van der Waals surface area contributed by atoms with Crippen molar-refractivity contribution in [1.82, 2.24) is 5.32 Å². The van der Waals surface area contributed by atoms with Gasteiger partial charge in [-0.1, -0.05) is 26.8 Å². The van der Waals surface area contributed by atoms with Crippen molar-refractivity contribution < 1.29 is 38.9 Å². The normalized spacial score (nSPS) is 16.5. The lowest BCUT2D eigenvalue weighted by molar-refractivity contribution is -0.140. The highest BCUT2D eigenvalue weighted by Gasteiger charge is 2.29. The summed E-state index contributed by atoms with van der Waals surface area (Å²) in [5, 5.41) is 23.1. The third-order valence-electron chi connectivity index (χ3n) is 4.15. The van der Waals surface area contributed by atoms with Crippen LogP contribution in [0.4, 0.5) is 10.5 Å². The van der Waals surface area contributed by atoms with Gasteiger partial charge in [0.15, 0.2) is 6.10 Å².